The topological polar surface area (TPSA) is 53.0 Å². The molecule has 0 radical (unpaired) electrons. The molecule has 28 heavy (non-hydrogen) atoms. The van der Waals surface area contributed by atoms with Gasteiger partial charge < -0.3 is 14.7 Å². The number of benzene rings is 2. The van der Waals surface area contributed by atoms with Gasteiger partial charge in [-0.15, -0.1) is 0 Å². The molecule has 4 saturated heterocycles. The van der Waals surface area contributed by atoms with Crippen LogP contribution in [0, 0.1) is 5.92 Å². The number of fused-ring (bicyclic) bond motifs is 2. The Morgan fingerprint density at radius 3 is 2.61 bits per heavy atom. The highest BCUT2D eigenvalue weighted by Crippen LogP contribution is 2.47. The summed E-state index contributed by atoms with van der Waals surface area (Å²) in [6.07, 6.45) is 2.33. The van der Waals surface area contributed by atoms with Crippen molar-refractivity contribution in [2.45, 2.75) is 30.8 Å². The van der Waals surface area contributed by atoms with E-state index >= 15 is 0 Å². The number of carbonyl (C=O) groups is 1. The maximum atomic E-state index is 13.5. The molecule has 3 atom stereocenters. The van der Waals surface area contributed by atoms with E-state index < -0.39 is 0 Å². The summed E-state index contributed by atoms with van der Waals surface area (Å²) in [5.74, 6) is 1.88. The third-order valence-electron chi connectivity index (χ3n) is 6.87. The van der Waals surface area contributed by atoms with Crippen LogP contribution >= 0.6 is 0 Å². The van der Waals surface area contributed by atoms with Gasteiger partial charge in [-0.25, -0.2) is 0 Å². The zero-order chi connectivity index (χ0) is 19.3. The van der Waals surface area contributed by atoms with Gasteiger partial charge in [-0.2, -0.15) is 0 Å². The van der Waals surface area contributed by atoms with Crippen LogP contribution in [0.2, 0.25) is 0 Å². The minimum Gasteiger partial charge on any atom is -0.508 e. The summed E-state index contributed by atoms with van der Waals surface area (Å²) in [6, 6.07) is 15.6. The van der Waals surface area contributed by atoms with Crippen molar-refractivity contribution in [1.29, 1.82) is 0 Å². The Balaban J connectivity index is 1.52. The predicted octanol–water partition coefficient (Wildman–Crippen LogP) is 3.10. The van der Waals surface area contributed by atoms with Gasteiger partial charge in [-0.1, -0.05) is 18.2 Å². The zero-order valence-electron chi connectivity index (χ0n) is 16.1. The lowest BCUT2D eigenvalue weighted by molar-refractivity contribution is -0.00342. The van der Waals surface area contributed by atoms with E-state index in [1.165, 1.54) is 0 Å². The third kappa shape index (κ3) is 2.76. The largest absolute Gasteiger partial charge is 0.508 e. The van der Waals surface area contributed by atoms with Crippen molar-refractivity contribution < 1.29 is 14.6 Å². The van der Waals surface area contributed by atoms with Crippen LogP contribution in [0.3, 0.4) is 0 Å². The lowest BCUT2D eigenvalue weighted by Gasteiger charge is -2.51. The maximum absolute atomic E-state index is 13.5. The Morgan fingerprint density at radius 1 is 1.07 bits per heavy atom. The molecule has 1 amide bonds. The summed E-state index contributed by atoms with van der Waals surface area (Å²) < 4.78 is 5.32. The molecule has 146 valence electrons. The van der Waals surface area contributed by atoms with Gasteiger partial charge >= 0.3 is 0 Å². The molecule has 4 fully saturated rings. The summed E-state index contributed by atoms with van der Waals surface area (Å²) in [7, 11) is 1.63. The van der Waals surface area contributed by atoms with E-state index in [0.717, 1.165) is 31.5 Å². The van der Waals surface area contributed by atoms with Gasteiger partial charge in [0.25, 0.3) is 5.91 Å². The Bertz CT molecular complexity index is 891. The molecule has 0 saturated carbocycles. The van der Waals surface area contributed by atoms with Crippen LogP contribution in [-0.2, 0) is 0 Å². The average Bonchev–Trinajstić information content (AvgIpc) is 3.17. The van der Waals surface area contributed by atoms with Crippen LogP contribution in [0.15, 0.2) is 48.5 Å². The van der Waals surface area contributed by atoms with Crippen molar-refractivity contribution in [2.75, 3.05) is 26.7 Å². The molecule has 4 heterocycles. The highest BCUT2D eigenvalue weighted by atomic mass is 16.5. The maximum Gasteiger partial charge on any atom is 0.254 e. The quantitative estimate of drug-likeness (QED) is 0.892. The number of phenolic OH excluding ortho intramolecular Hbond substituents is 1. The molecule has 0 spiro atoms. The van der Waals surface area contributed by atoms with Gasteiger partial charge in [-0.05, 0) is 67.7 Å². The predicted molar refractivity (Wildman–Crippen MR) is 107 cm³/mol. The van der Waals surface area contributed by atoms with E-state index in [-0.39, 0.29) is 17.9 Å². The van der Waals surface area contributed by atoms with Crippen molar-refractivity contribution in [2.24, 2.45) is 5.92 Å². The molecule has 4 aliphatic heterocycles. The minimum absolute atomic E-state index is 0.0882. The Kier molecular flexibility index (Phi) is 4.27. The van der Waals surface area contributed by atoms with E-state index in [1.54, 1.807) is 13.2 Å². The minimum atomic E-state index is 0.0882. The standard InChI is InChI=1S/C23H26N2O3/c1-28-19-7-3-5-17(13-19)23(27)25-14-20(16-4-2-6-18(26)12-16)22-21(25)15-8-10-24(22)11-9-15/h2-7,12-13,15,20-22,26H,8-11,14H2,1H3/t20-,21+,22+/m0/s1. The first-order valence-electron chi connectivity index (χ1n) is 10.1. The third-order valence-corrected chi connectivity index (χ3v) is 6.87. The lowest BCUT2D eigenvalue weighted by Crippen LogP contribution is -2.60. The molecule has 2 aromatic carbocycles. The van der Waals surface area contributed by atoms with Gasteiger partial charge in [-0.3, -0.25) is 9.69 Å². The normalized spacial score (nSPS) is 30.9. The van der Waals surface area contributed by atoms with Crippen LogP contribution in [0.25, 0.3) is 0 Å². The summed E-state index contributed by atoms with van der Waals surface area (Å²) in [6.45, 7) is 2.92. The number of carbonyl (C=O) groups excluding carboxylic acids is 1. The smallest absolute Gasteiger partial charge is 0.254 e. The number of likely N-dealkylation sites (tertiary alicyclic amines) is 1. The molecule has 5 nitrogen and oxygen atoms in total. The second-order valence-corrected chi connectivity index (χ2v) is 8.25. The summed E-state index contributed by atoms with van der Waals surface area (Å²) >= 11 is 0. The lowest BCUT2D eigenvalue weighted by atomic mass is 9.75. The van der Waals surface area contributed by atoms with E-state index in [1.807, 2.05) is 36.4 Å². The highest BCUT2D eigenvalue weighted by molar-refractivity contribution is 5.95. The number of hydrogen-bond donors (Lipinski definition) is 1. The molecule has 1 N–H and O–H groups in total. The Morgan fingerprint density at radius 2 is 1.86 bits per heavy atom. The first-order chi connectivity index (χ1) is 13.7. The van der Waals surface area contributed by atoms with Crippen molar-refractivity contribution in [3.8, 4) is 11.5 Å². The Hall–Kier alpha value is -2.53. The van der Waals surface area contributed by atoms with Gasteiger partial charge in [0, 0.05) is 24.1 Å². The number of nitrogens with zero attached hydrogens (tertiary/aromatic N) is 2. The van der Waals surface area contributed by atoms with Crippen molar-refractivity contribution in [3.63, 3.8) is 0 Å². The van der Waals surface area contributed by atoms with Crippen LogP contribution < -0.4 is 4.74 Å². The van der Waals surface area contributed by atoms with Crippen molar-refractivity contribution in [1.82, 2.24) is 9.80 Å². The molecule has 0 aromatic heterocycles. The number of ether oxygens (including phenoxy) is 1. The molecule has 4 aliphatic rings. The molecule has 0 aliphatic carbocycles. The fourth-order valence-electron chi connectivity index (χ4n) is 5.63. The molecule has 2 bridgehead atoms. The van der Waals surface area contributed by atoms with E-state index in [4.69, 9.17) is 4.74 Å². The van der Waals surface area contributed by atoms with Crippen molar-refractivity contribution >= 4 is 5.91 Å². The first-order valence-corrected chi connectivity index (χ1v) is 10.1. The van der Waals surface area contributed by atoms with Gasteiger partial charge in [0.05, 0.1) is 13.2 Å². The number of methoxy groups -OCH3 is 1. The van der Waals surface area contributed by atoms with Crippen LogP contribution in [0.4, 0.5) is 0 Å². The number of aromatic hydroxyl groups is 1. The van der Waals surface area contributed by atoms with Gasteiger partial charge in [0.1, 0.15) is 11.5 Å². The number of hydrogen-bond acceptors (Lipinski definition) is 4. The van der Waals surface area contributed by atoms with Crippen LogP contribution in [0.1, 0.15) is 34.7 Å². The zero-order valence-corrected chi connectivity index (χ0v) is 16.1. The van der Waals surface area contributed by atoms with E-state index in [0.29, 0.717) is 35.6 Å². The number of piperidine rings is 3. The Labute approximate surface area is 165 Å². The van der Waals surface area contributed by atoms with Crippen LogP contribution in [0.5, 0.6) is 11.5 Å². The monoisotopic (exact) mass is 378 g/mol. The number of phenols is 1. The molecule has 6 rings (SSSR count). The van der Waals surface area contributed by atoms with E-state index in [9.17, 15) is 9.90 Å². The fourth-order valence-corrected chi connectivity index (χ4v) is 5.63. The highest BCUT2D eigenvalue weighted by Gasteiger charge is 2.54. The average molecular weight is 378 g/mol. The molecule has 0 unspecified atom stereocenters. The van der Waals surface area contributed by atoms with Crippen molar-refractivity contribution in [3.05, 3.63) is 59.7 Å². The van der Waals surface area contributed by atoms with E-state index in [2.05, 4.69) is 15.9 Å². The number of amides is 1. The second-order valence-electron chi connectivity index (χ2n) is 8.25. The molecular weight excluding hydrogens is 352 g/mol. The molecular formula is C23H26N2O3. The summed E-state index contributed by atoms with van der Waals surface area (Å²) in [4.78, 5) is 18.2. The fraction of sp³-hybridized carbons (Fsp3) is 0.435. The van der Waals surface area contributed by atoms with Crippen LogP contribution in [-0.4, -0.2) is 59.6 Å². The second kappa shape index (κ2) is 6.82. The van der Waals surface area contributed by atoms with Gasteiger partial charge in [0.2, 0.25) is 0 Å². The summed E-state index contributed by atoms with van der Waals surface area (Å²) in [5, 5.41) is 10.0. The number of rotatable bonds is 3. The first kappa shape index (κ1) is 17.6. The summed E-state index contributed by atoms with van der Waals surface area (Å²) in [5.41, 5.74) is 1.81. The SMILES string of the molecule is COc1cccc(C(=O)N2C[C@@H](c3cccc(O)c3)[C@@H]3[C@H]2C2CCN3CC2)c1. The van der Waals surface area contributed by atoms with Gasteiger partial charge in [0.15, 0.2) is 0 Å². The molecule has 2 aromatic rings. The molecule has 5 heteroatoms.